The lowest BCUT2D eigenvalue weighted by Gasteiger charge is -2.10. The van der Waals surface area contributed by atoms with Gasteiger partial charge in [-0.2, -0.15) is 4.80 Å². The van der Waals surface area contributed by atoms with Crippen molar-refractivity contribution in [3.63, 3.8) is 0 Å². The van der Waals surface area contributed by atoms with E-state index in [1.54, 1.807) is 12.1 Å². The summed E-state index contributed by atoms with van der Waals surface area (Å²) in [7, 11) is 0. The van der Waals surface area contributed by atoms with Crippen LogP contribution in [0.25, 0.3) is 11.4 Å². The van der Waals surface area contributed by atoms with Crippen molar-refractivity contribution in [2.45, 2.75) is 25.4 Å². The zero-order valence-corrected chi connectivity index (χ0v) is 14.0. The number of tetrazole rings is 1. The lowest BCUT2D eigenvalue weighted by Crippen LogP contribution is -2.38. The van der Waals surface area contributed by atoms with Gasteiger partial charge < -0.3 is 10.6 Å². The molecule has 1 aliphatic rings. The van der Waals surface area contributed by atoms with E-state index in [4.69, 9.17) is 11.6 Å². The first-order chi connectivity index (χ1) is 10.7. The summed E-state index contributed by atoms with van der Waals surface area (Å²) in [6, 6.07) is 7.53. The number of hydrogen-bond acceptors (Lipinski definition) is 5. The minimum Gasteiger partial charge on any atom is -0.353 e. The third-order valence-electron chi connectivity index (χ3n) is 3.55. The molecule has 1 amide bonds. The molecule has 0 spiro atoms. The Morgan fingerprint density at radius 3 is 2.87 bits per heavy atom. The van der Waals surface area contributed by atoms with Crippen molar-refractivity contribution in [3.05, 3.63) is 29.3 Å². The van der Waals surface area contributed by atoms with E-state index < -0.39 is 0 Å². The summed E-state index contributed by atoms with van der Waals surface area (Å²) in [5, 5.41) is 18.9. The van der Waals surface area contributed by atoms with Crippen molar-refractivity contribution in [3.8, 4) is 11.4 Å². The van der Waals surface area contributed by atoms with Crippen molar-refractivity contribution < 1.29 is 4.79 Å². The van der Waals surface area contributed by atoms with Gasteiger partial charge in [-0.25, -0.2) is 0 Å². The van der Waals surface area contributed by atoms with Crippen molar-refractivity contribution in [2.75, 3.05) is 13.1 Å². The predicted molar refractivity (Wildman–Crippen MR) is 89.5 cm³/mol. The number of benzene rings is 1. The summed E-state index contributed by atoms with van der Waals surface area (Å²) in [6.07, 6.45) is 2.26. The Bertz CT molecular complexity index is 639. The van der Waals surface area contributed by atoms with Crippen LogP contribution in [-0.4, -0.2) is 45.2 Å². The molecular formula is C14H18Cl2N6O. The van der Waals surface area contributed by atoms with Crippen LogP contribution >= 0.6 is 24.0 Å². The van der Waals surface area contributed by atoms with Crippen LogP contribution in [0.3, 0.4) is 0 Å². The highest BCUT2D eigenvalue weighted by Gasteiger charge is 2.15. The molecule has 1 saturated heterocycles. The van der Waals surface area contributed by atoms with Gasteiger partial charge in [-0.3, -0.25) is 4.79 Å². The van der Waals surface area contributed by atoms with E-state index in [-0.39, 0.29) is 24.9 Å². The molecule has 2 N–H and O–H groups in total. The summed E-state index contributed by atoms with van der Waals surface area (Å²) < 4.78 is 0. The lowest BCUT2D eigenvalue weighted by atomic mass is 10.2. The third kappa shape index (κ3) is 4.89. The van der Waals surface area contributed by atoms with Gasteiger partial charge >= 0.3 is 0 Å². The monoisotopic (exact) mass is 356 g/mol. The maximum atomic E-state index is 11.9. The molecule has 124 valence electrons. The molecule has 2 aromatic rings. The van der Waals surface area contributed by atoms with Crippen LogP contribution in [0.5, 0.6) is 0 Å². The van der Waals surface area contributed by atoms with Crippen LogP contribution in [0.2, 0.25) is 5.02 Å². The van der Waals surface area contributed by atoms with Crippen LogP contribution in [0.4, 0.5) is 0 Å². The second kappa shape index (κ2) is 8.24. The Hall–Kier alpha value is -1.70. The SMILES string of the molecule is Cl.O=C(Cn1nnc(-c2ccc(Cl)cc2)n1)NCC1CCCN1. The normalized spacial score (nSPS) is 16.8. The summed E-state index contributed by atoms with van der Waals surface area (Å²) in [4.78, 5) is 13.2. The fourth-order valence-corrected chi connectivity index (χ4v) is 2.50. The molecule has 23 heavy (non-hydrogen) atoms. The lowest BCUT2D eigenvalue weighted by molar-refractivity contribution is -0.122. The van der Waals surface area contributed by atoms with Crippen molar-refractivity contribution >= 4 is 29.9 Å². The largest absolute Gasteiger partial charge is 0.353 e. The summed E-state index contributed by atoms with van der Waals surface area (Å²) in [5.74, 6) is 0.357. The van der Waals surface area contributed by atoms with Crippen LogP contribution in [0.1, 0.15) is 12.8 Å². The van der Waals surface area contributed by atoms with Crippen LogP contribution in [-0.2, 0) is 11.3 Å². The number of rotatable bonds is 5. The van der Waals surface area contributed by atoms with Gasteiger partial charge in [0.15, 0.2) is 0 Å². The van der Waals surface area contributed by atoms with E-state index in [1.165, 1.54) is 4.80 Å². The number of nitrogens with zero attached hydrogens (tertiary/aromatic N) is 4. The Labute approximate surface area is 145 Å². The first-order valence-electron chi connectivity index (χ1n) is 7.24. The maximum absolute atomic E-state index is 11.9. The average Bonchev–Trinajstić information content (AvgIpc) is 3.17. The van der Waals surface area contributed by atoms with E-state index in [9.17, 15) is 4.79 Å². The minimum absolute atomic E-state index is 0. The molecule has 0 bridgehead atoms. The topological polar surface area (TPSA) is 84.7 Å². The van der Waals surface area contributed by atoms with Crippen molar-refractivity contribution in [2.24, 2.45) is 0 Å². The first-order valence-corrected chi connectivity index (χ1v) is 7.62. The standard InChI is InChI=1S/C14H17ClN6O.ClH/c15-11-5-3-10(4-6-11)14-18-20-21(19-14)9-13(22)17-8-12-2-1-7-16-12;/h3-6,12,16H,1-2,7-9H2,(H,17,22);1H. The molecular weight excluding hydrogens is 339 g/mol. The van der Waals surface area contributed by atoms with Gasteiger partial charge in [0.2, 0.25) is 11.7 Å². The second-order valence-corrected chi connectivity index (χ2v) is 5.68. The molecule has 7 nitrogen and oxygen atoms in total. The number of carbonyl (C=O) groups excluding carboxylic acids is 1. The van der Waals surface area contributed by atoms with Gasteiger partial charge in [0.1, 0.15) is 6.54 Å². The summed E-state index contributed by atoms with van der Waals surface area (Å²) in [5.41, 5.74) is 0.811. The highest BCUT2D eigenvalue weighted by atomic mass is 35.5. The molecule has 9 heteroatoms. The quantitative estimate of drug-likeness (QED) is 0.842. The number of carbonyl (C=O) groups is 1. The van der Waals surface area contributed by atoms with Crippen molar-refractivity contribution in [1.29, 1.82) is 0 Å². The van der Waals surface area contributed by atoms with E-state index in [0.29, 0.717) is 23.4 Å². The van der Waals surface area contributed by atoms with E-state index in [1.807, 2.05) is 12.1 Å². The van der Waals surface area contributed by atoms with Crippen LogP contribution in [0.15, 0.2) is 24.3 Å². The molecule has 0 saturated carbocycles. The summed E-state index contributed by atoms with van der Waals surface area (Å²) >= 11 is 5.84. The van der Waals surface area contributed by atoms with Gasteiger partial charge in [-0.1, -0.05) is 11.6 Å². The molecule has 1 aromatic carbocycles. The number of nitrogens with one attached hydrogen (secondary N) is 2. The highest BCUT2D eigenvalue weighted by molar-refractivity contribution is 6.30. The Morgan fingerprint density at radius 2 is 2.17 bits per heavy atom. The Balaban J connectivity index is 0.00000192. The van der Waals surface area contributed by atoms with Crippen molar-refractivity contribution in [1.82, 2.24) is 30.8 Å². The first kappa shape index (κ1) is 17.7. The van der Waals surface area contributed by atoms with E-state index in [0.717, 1.165) is 24.9 Å². The van der Waals surface area contributed by atoms with Gasteiger partial charge in [0.05, 0.1) is 0 Å². The molecule has 1 fully saturated rings. The molecule has 1 aliphatic heterocycles. The fraction of sp³-hybridized carbons (Fsp3) is 0.429. The fourth-order valence-electron chi connectivity index (χ4n) is 2.38. The molecule has 1 unspecified atom stereocenters. The summed E-state index contributed by atoms with van der Waals surface area (Å²) in [6.45, 7) is 1.72. The molecule has 0 aliphatic carbocycles. The number of halogens is 2. The van der Waals surface area contributed by atoms with Crippen LogP contribution < -0.4 is 10.6 Å². The third-order valence-corrected chi connectivity index (χ3v) is 3.80. The molecule has 1 aromatic heterocycles. The molecule has 1 atom stereocenters. The number of amides is 1. The van der Waals surface area contributed by atoms with Crippen LogP contribution in [0, 0.1) is 0 Å². The Morgan fingerprint density at radius 1 is 1.39 bits per heavy atom. The zero-order chi connectivity index (χ0) is 15.4. The van der Waals surface area contributed by atoms with Gasteiger partial charge in [0, 0.05) is 23.2 Å². The van der Waals surface area contributed by atoms with Gasteiger partial charge in [-0.05, 0) is 48.9 Å². The highest BCUT2D eigenvalue weighted by Crippen LogP contribution is 2.16. The van der Waals surface area contributed by atoms with Gasteiger partial charge in [0.25, 0.3) is 0 Å². The van der Waals surface area contributed by atoms with E-state index in [2.05, 4.69) is 26.0 Å². The molecule has 3 rings (SSSR count). The Kier molecular flexibility index (Phi) is 6.32. The number of aromatic nitrogens is 4. The molecule has 0 radical (unpaired) electrons. The second-order valence-electron chi connectivity index (χ2n) is 5.25. The van der Waals surface area contributed by atoms with E-state index >= 15 is 0 Å². The molecule has 2 heterocycles. The minimum atomic E-state index is -0.117. The zero-order valence-electron chi connectivity index (χ0n) is 12.4. The smallest absolute Gasteiger partial charge is 0.243 e. The number of hydrogen-bond donors (Lipinski definition) is 2. The van der Waals surface area contributed by atoms with Gasteiger partial charge in [-0.15, -0.1) is 22.6 Å². The predicted octanol–water partition coefficient (Wildman–Crippen LogP) is 1.28. The average molecular weight is 357 g/mol. The maximum Gasteiger partial charge on any atom is 0.243 e.